The molecular weight excluding hydrogens is 339 g/mol. The van der Waals surface area contributed by atoms with Gasteiger partial charge in [0.1, 0.15) is 5.56 Å². The number of esters is 1. The Morgan fingerprint density at radius 2 is 2.17 bits per heavy atom. The number of anilines is 1. The third-order valence-electron chi connectivity index (χ3n) is 3.17. The van der Waals surface area contributed by atoms with Crippen molar-refractivity contribution < 1.29 is 26.7 Å². The molecule has 0 aliphatic heterocycles. The summed E-state index contributed by atoms with van der Waals surface area (Å²) < 4.78 is 10.1. The van der Waals surface area contributed by atoms with Crippen LogP contribution in [-0.4, -0.2) is 37.8 Å². The molecule has 0 amide bonds. The van der Waals surface area contributed by atoms with E-state index in [9.17, 15) is 4.79 Å². The first-order valence-corrected chi connectivity index (χ1v) is 7.54. The number of pyridine rings is 1. The van der Waals surface area contributed by atoms with Gasteiger partial charge in [-0.2, -0.15) is 0 Å². The first kappa shape index (κ1) is 19.5. The van der Waals surface area contributed by atoms with Crippen LogP contribution < -0.4 is 17.7 Å². The molecule has 0 unspecified atom stereocenters. The lowest BCUT2D eigenvalue weighted by atomic mass is 10.1. The van der Waals surface area contributed by atoms with Crippen molar-refractivity contribution in [2.45, 2.75) is 13.3 Å². The van der Waals surface area contributed by atoms with E-state index in [1.165, 1.54) is 6.20 Å². The second-order valence-electron chi connectivity index (χ2n) is 4.68. The van der Waals surface area contributed by atoms with E-state index in [0.29, 0.717) is 41.5 Å². The first-order valence-electron chi connectivity index (χ1n) is 7.16. The van der Waals surface area contributed by atoms with E-state index in [0.717, 1.165) is 11.8 Å². The number of nitrogens with one attached hydrogen (secondary N) is 1. The molecule has 0 saturated carbocycles. The van der Waals surface area contributed by atoms with Gasteiger partial charge in [0.25, 0.3) is 0 Å². The summed E-state index contributed by atoms with van der Waals surface area (Å²) in [6, 6.07) is 5.49. The lowest BCUT2D eigenvalue weighted by Crippen LogP contribution is -3.00. The van der Waals surface area contributed by atoms with Crippen molar-refractivity contribution in [2.75, 3.05) is 32.2 Å². The number of rotatable bonds is 7. The predicted molar refractivity (Wildman–Crippen MR) is 87.7 cm³/mol. The normalized spacial score (nSPS) is 10.2. The molecule has 1 N–H and O–H groups in total. The van der Waals surface area contributed by atoms with Crippen molar-refractivity contribution in [3.8, 4) is 0 Å². The molecule has 0 aliphatic carbocycles. The SMILES string of the molecule is CCOC(=O)c1cnc2c(Cl)cccc2c1NCCCOC.[Cl-]. The number of nitrogens with zero attached hydrogens (tertiary/aromatic N) is 1. The maximum atomic E-state index is 12.1. The van der Waals surface area contributed by atoms with Gasteiger partial charge in [-0.25, -0.2) is 4.79 Å². The van der Waals surface area contributed by atoms with Gasteiger partial charge in [0.15, 0.2) is 0 Å². The molecule has 0 spiro atoms. The molecule has 0 radical (unpaired) electrons. The molecular formula is C16H19Cl2N2O3-. The molecule has 1 aromatic carbocycles. The molecule has 0 atom stereocenters. The minimum absolute atomic E-state index is 0. The fourth-order valence-corrected chi connectivity index (χ4v) is 2.39. The van der Waals surface area contributed by atoms with Gasteiger partial charge in [0, 0.05) is 31.8 Å². The Balaban J connectivity index is 0.00000264. The van der Waals surface area contributed by atoms with E-state index in [2.05, 4.69) is 10.3 Å². The first-order chi connectivity index (χ1) is 10.7. The average Bonchev–Trinajstić information content (AvgIpc) is 2.52. The fraction of sp³-hybridized carbons (Fsp3) is 0.375. The highest BCUT2D eigenvalue weighted by atomic mass is 35.5. The van der Waals surface area contributed by atoms with Gasteiger partial charge in [-0.1, -0.05) is 23.7 Å². The summed E-state index contributed by atoms with van der Waals surface area (Å²) >= 11 is 6.18. The maximum absolute atomic E-state index is 12.1. The van der Waals surface area contributed by atoms with Gasteiger partial charge in [-0.05, 0) is 19.4 Å². The van der Waals surface area contributed by atoms with E-state index in [1.54, 1.807) is 20.1 Å². The molecule has 23 heavy (non-hydrogen) atoms. The van der Waals surface area contributed by atoms with Crippen LogP contribution in [0.4, 0.5) is 5.69 Å². The highest BCUT2D eigenvalue weighted by molar-refractivity contribution is 6.35. The van der Waals surface area contributed by atoms with Gasteiger partial charge in [0.2, 0.25) is 0 Å². The van der Waals surface area contributed by atoms with E-state index < -0.39 is 5.97 Å². The minimum Gasteiger partial charge on any atom is -1.00 e. The van der Waals surface area contributed by atoms with Crippen molar-refractivity contribution in [1.82, 2.24) is 4.98 Å². The van der Waals surface area contributed by atoms with Crippen molar-refractivity contribution in [3.63, 3.8) is 0 Å². The molecule has 2 rings (SSSR count). The van der Waals surface area contributed by atoms with Gasteiger partial charge >= 0.3 is 5.97 Å². The second kappa shape index (κ2) is 9.55. The van der Waals surface area contributed by atoms with Crippen molar-refractivity contribution in [2.24, 2.45) is 0 Å². The Kier molecular flexibility index (Phi) is 8.09. The summed E-state index contributed by atoms with van der Waals surface area (Å²) in [5.74, 6) is -0.397. The quantitative estimate of drug-likeness (QED) is 0.578. The maximum Gasteiger partial charge on any atom is 0.341 e. The van der Waals surface area contributed by atoms with Crippen molar-refractivity contribution in [1.29, 1.82) is 0 Å². The smallest absolute Gasteiger partial charge is 0.341 e. The van der Waals surface area contributed by atoms with Crippen LogP contribution in [0.1, 0.15) is 23.7 Å². The van der Waals surface area contributed by atoms with Crippen LogP contribution in [0.15, 0.2) is 24.4 Å². The highest BCUT2D eigenvalue weighted by Gasteiger charge is 2.17. The lowest BCUT2D eigenvalue weighted by molar-refractivity contribution is -0.0000230. The molecule has 0 saturated heterocycles. The number of halogens is 2. The lowest BCUT2D eigenvalue weighted by Gasteiger charge is -2.14. The standard InChI is InChI=1S/C16H19ClN2O3.ClH/c1-3-22-16(20)12-10-19-15-11(6-4-7-13(15)17)14(12)18-8-5-9-21-2;/h4,6-7,10H,3,5,8-9H2,1-2H3,(H,18,19);1H/p-1. The molecule has 1 aromatic heterocycles. The Labute approximate surface area is 146 Å². The Morgan fingerprint density at radius 3 is 2.87 bits per heavy atom. The summed E-state index contributed by atoms with van der Waals surface area (Å²) in [6.45, 7) is 3.40. The molecule has 2 aromatic rings. The van der Waals surface area contributed by atoms with E-state index >= 15 is 0 Å². The van der Waals surface area contributed by atoms with Crippen LogP contribution in [0.2, 0.25) is 5.02 Å². The number of para-hydroxylation sites is 1. The van der Waals surface area contributed by atoms with Crippen molar-refractivity contribution >= 4 is 34.2 Å². The van der Waals surface area contributed by atoms with E-state index in [-0.39, 0.29) is 12.4 Å². The zero-order chi connectivity index (χ0) is 15.9. The van der Waals surface area contributed by atoms with Crippen LogP contribution in [0.5, 0.6) is 0 Å². The summed E-state index contributed by atoms with van der Waals surface area (Å²) in [7, 11) is 1.66. The molecule has 5 nitrogen and oxygen atoms in total. The van der Waals surface area contributed by atoms with Gasteiger partial charge < -0.3 is 27.2 Å². The summed E-state index contributed by atoms with van der Waals surface area (Å²) in [6.07, 6.45) is 2.33. The van der Waals surface area contributed by atoms with Crippen LogP contribution in [-0.2, 0) is 9.47 Å². The number of benzene rings is 1. The van der Waals surface area contributed by atoms with Gasteiger partial charge in [0.05, 0.1) is 22.8 Å². The minimum atomic E-state index is -0.397. The Bertz CT molecular complexity index is 665. The average molecular weight is 358 g/mol. The number of carbonyl (C=O) groups is 1. The summed E-state index contributed by atoms with van der Waals surface area (Å²) in [5.41, 5.74) is 1.77. The van der Waals surface area contributed by atoms with Crippen LogP contribution in [0, 0.1) is 0 Å². The van der Waals surface area contributed by atoms with E-state index in [1.807, 2.05) is 12.1 Å². The number of hydrogen-bond donors (Lipinski definition) is 1. The van der Waals surface area contributed by atoms with Gasteiger partial charge in [-0.15, -0.1) is 0 Å². The number of fused-ring (bicyclic) bond motifs is 1. The molecule has 0 bridgehead atoms. The number of aromatic nitrogens is 1. The summed E-state index contributed by atoms with van der Waals surface area (Å²) in [4.78, 5) is 16.4. The number of ether oxygens (including phenoxy) is 2. The van der Waals surface area contributed by atoms with Gasteiger partial charge in [-0.3, -0.25) is 4.98 Å². The fourth-order valence-electron chi connectivity index (χ4n) is 2.17. The molecule has 0 aliphatic rings. The topological polar surface area (TPSA) is 60.5 Å². The number of hydrogen-bond acceptors (Lipinski definition) is 5. The third kappa shape index (κ3) is 4.70. The zero-order valence-electron chi connectivity index (χ0n) is 13.1. The van der Waals surface area contributed by atoms with E-state index in [4.69, 9.17) is 21.1 Å². The van der Waals surface area contributed by atoms with Crippen LogP contribution in [0.3, 0.4) is 0 Å². The second-order valence-corrected chi connectivity index (χ2v) is 5.08. The largest absolute Gasteiger partial charge is 1.00 e. The monoisotopic (exact) mass is 357 g/mol. The Morgan fingerprint density at radius 1 is 1.39 bits per heavy atom. The number of methoxy groups -OCH3 is 1. The molecule has 1 heterocycles. The number of carbonyl (C=O) groups excluding carboxylic acids is 1. The molecule has 7 heteroatoms. The Hall–Kier alpha value is -1.56. The molecule has 0 fully saturated rings. The predicted octanol–water partition coefficient (Wildman–Crippen LogP) is 0.517. The van der Waals surface area contributed by atoms with Crippen molar-refractivity contribution in [3.05, 3.63) is 35.0 Å². The van der Waals surface area contributed by atoms with Crippen LogP contribution in [0.25, 0.3) is 10.9 Å². The summed E-state index contributed by atoms with van der Waals surface area (Å²) in [5, 5.41) is 4.63. The van der Waals surface area contributed by atoms with Crippen LogP contribution >= 0.6 is 11.6 Å². The molecule has 126 valence electrons. The zero-order valence-corrected chi connectivity index (χ0v) is 14.6. The third-order valence-corrected chi connectivity index (χ3v) is 3.48. The highest BCUT2D eigenvalue weighted by Crippen LogP contribution is 2.30.